The first-order valence-corrected chi connectivity index (χ1v) is 12.7. The summed E-state index contributed by atoms with van der Waals surface area (Å²) in [6.07, 6.45) is 12.5. The Morgan fingerprint density at radius 1 is 1.29 bits per heavy atom. The molecule has 4 heteroatoms. The van der Waals surface area contributed by atoms with E-state index in [2.05, 4.69) is 41.9 Å². The van der Waals surface area contributed by atoms with Gasteiger partial charge in [0.25, 0.3) is 0 Å². The van der Waals surface area contributed by atoms with Crippen molar-refractivity contribution in [2.24, 2.45) is 11.8 Å². The highest BCUT2D eigenvalue weighted by molar-refractivity contribution is 5.61. The van der Waals surface area contributed by atoms with Gasteiger partial charge in [0.15, 0.2) is 11.5 Å². The molecule has 5 rings (SSSR count). The summed E-state index contributed by atoms with van der Waals surface area (Å²) in [5.41, 5.74) is 3.24. The molecule has 2 aliphatic carbocycles. The van der Waals surface area contributed by atoms with Crippen LogP contribution in [-0.4, -0.2) is 50.3 Å². The molecule has 170 valence electrons. The van der Waals surface area contributed by atoms with E-state index in [1.54, 1.807) is 7.11 Å². The van der Waals surface area contributed by atoms with Crippen molar-refractivity contribution in [1.82, 2.24) is 10.2 Å². The zero-order valence-electron chi connectivity index (χ0n) is 19.5. The second kappa shape index (κ2) is 8.78. The fraction of sp³-hybridized carbons (Fsp3) is 0.704. The number of benzene rings is 1. The van der Waals surface area contributed by atoms with Crippen LogP contribution in [0.25, 0.3) is 0 Å². The number of likely N-dealkylation sites (tertiary alicyclic amines) is 1. The highest BCUT2D eigenvalue weighted by atomic mass is 16.5. The molecule has 2 heterocycles. The van der Waals surface area contributed by atoms with Gasteiger partial charge in [0.2, 0.25) is 0 Å². The van der Waals surface area contributed by atoms with Gasteiger partial charge >= 0.3 is 0 Å². The van der Waals surface area contributed by atoms with Crippen molar-refractivity contribution < 1.29 is 9.47 Å². The highest BCUT2D eigenvalue weighted by Crippen LogP contribution is 2.65. The molecule has 5 atom stereocenters. The highest BCUT2D eigenvalue weighted by Gasteiger charge is 2.65. The summed E-state index contributed by atoms with van der Waals surface area (Å²) >= 11 is 0. The first-order chi connectivity index (χ1) is 15.2. The summed E-state index contributed by atoms with van der Waals surface area (Å²) in [6, 6.07) is 5.10. The number of nitrogens with zero attached hydrogens (tertiary/aromatic N) is 1. The summed E-state index contributed by atoms with van der Waals surface area (Å²) in [5.74, 6) is 3.39. The van der Waals surface area contributed by atoms with Crippen molar-refractivity contribution in [2.75, 3.05) is 33.3 Å². The fourth-order valence-corrected chi connectivity index (χ4v) is 7.53. The van der Waals surface area contributed by atoms with Crippen LogP contribution in [0.4, 0.5) is 0 Å². The van der Waals surface area contributed by atoms with Gasteiger partial charge in [-0.15, -0.1) is 6.58 Å². The average Bonchev–Trinajstić information content (AvgIpc) is 3.13. The molecule has 31 heavy (non-hydrogen) atoms. The van der Waals surface area contributed by atoms with Crippen LogP contribution < -0.4 is 14.8 Å². The van der Waals surface area contributed by atoms with E-state index in [0.29, 0.717) is 24.0 Å². The third-order valence-electron chi connectivity index (χ3n) is 8.73. The number of nitrogens with one attached hydrogen (secondary N) is 1. The van der Waals surface area contributed by atoms with Gasteiger partial charge in [0.1, 0.15) is 6.10 Å². The molecule has 2 fully saturated rings. The second-order valence-electron chi connectivity index (χ2n) is 10.2. The Morgan fingerprint density at radius 3 is 3.00 bits per heavy atom. The fourth-order valence-electron chi connectivity index (χ4n) is 7.53. The van der Waals surface area contributed by atoms with Crippen LogP contribution in [0.1, 0.15) is 63.0 Å². The minimum atomic E-state index is 0.198. The number of methoxy groups -OCH3 is 1. The van der Waals surface area contributed by atoms with Crippen molar-refractivity contribution in [3.8, 4) is 11.5 Å². The Balaban J connectivity index is 1.43. The third kappa shape index (κ3) is 3.33. The smallest absolute Gasteiger partial charge is 0.165 e. The molecule has 1 saturated heterocycles. The summed E-state index contributed by atoms with van der Waals surface area (Å²) in [7, 11) is 1.79. The van der Waals surface area contributed by atoms with Gasteiger partial charge < -0.3 is 14.8 Å². The number of hydrogen-bond donors (Lipinski definition) is 1. The molecule has 1 saturated carbocycles. The van der Waals surface area contributed by atoms with Gasteiger partial charge in [-0.05, 0) is 88.0 Å². The number of ether oxygens (including phenoxy) is 2. The molecule has 4 nitrogen and oxygen atoms in total. The first-order valence-electron chi connectivity index (χ1n) is 12.7. The molecule has 0 amide bonds. The van der Waals surface area contributed by atoms with Crippen molar-refractivity contribution in [1.29, 1.82) is 0 Å². The van der Waals surface area contributed by atoms with Crippen LogP contribution >= 0.6 is 0 Å². The molecule has 0 radical (unpaired) electrons. The third-order valence-corrected chi connectivity index (χ3v) is 8.73. The zero-order valence-corrected chi connectivity index (χ0v) is 19.5. The summed E-state index contributed by atoms with van der Waals surface area (Å²) in [4.78, 5) is 2.70. The predicted molar refractivity (Wildman–Crippen MR) is 126 cm³/mol. The summed E-state index contributed by atoms with van der Waals surface area (Å²) in [6.45, 7) is 10.7. The molecule has 2 aliphatic heterocycles. The molecule has 4 unspecified atom stereocenters. The Labute approximate surface area is 188 Å². The van der Waals surface area contributed by atoms with Gasteiger partial charge in [-0.1, -0.05) is 25.5 Å². The molecule has 1 aromatic rings. The van der Waals surface area contributed by atoms with Crippen LogP contribution in [0.2, 0.25) is 0 Å². The Bertz CT molecular complexity index is 809. The largest absolute Gasteiger partial charge is 0.493 e. The number of rotatable bonds is 10. The lowest BCUT2D eigenvalue weighted by Crippen LogP contribution is -2.65. The van der Waals surface area contributed by atoms with Crippen LogP contribution in [0.3, 0.4) is 0 Å². The van der Waals surface area contributed by atoms with E-state index < -0.39 is 0 Å². The minimum absolute atomic E-state index is 0.198. The van der Waals surface area contributed by atoms with Crippen molar-refractivity contribution >= 4 is 0 Å². The Morgan fingerprint density at radius 2 is 2.19 bits per heavy atom. The van der Waals surface area contributed by atoms with Gasteiger partial charge in [-0.25, -0.2) is 0 Å². The van der Waals surface area contributed by atoms with Gasteiger partial charge in [-0.2, -0.15) is 0 Å². The van der Waals surface area contributed by atoms with Gasteiger partial charge in [0.05, 0.1) is 7.11 Å². The average molecular weight is 425 g/mol. The van der Waals surface area contributed by atoms with E-state index >= 15 is 0 Å². The first kappa shape index (κ1) is 21.3. The monoisotopic (exact) mass is 424 g/mol. The lowest BCUT2D eigenvalue weighted by atomic mass is 9.49. The molecular formula is C27H40N2O2. The quantitative estimate of drug-likeness (QED) is 0.436. The summed E-state index contributed by atoms with van der Waals surface area (Å²) in [5, 5.41) is 3.56. The van der Waals surface area contributed by atoms with E-state index in [1.165, 1.54) is 56.1 Å². The van der Waals surface area contributed by atoms with Crippen LogP contribution in [-0.2, 0) is 11.8 Å². The molecule has 1 N–H and O–H groups in total. The molecule has 4 aliphatic rings. The molecule has 1 aromatic carbocycles. The van der Waals surface area contributed by atoms with Gasteiger partial charge in [0, 0.05) is 23.6 Å². The van der Waals surface area contributed by atoms with Crippen molar-refractivity contribution in [3.05, 3.63) is 35.9 Å². The van der Waals surface area contributed by atoms with Gasteiger partial charge in [-0.3, -0.25) is 4.90 Å². The predicted octanol–water partition coefficient (Wildman–Crippen LogP) is 4.71. The lowest BCUT2D eigenvalue weighted by molar-refractivity contribution is -0.0748. The maximum Gasteiger partial charge on any atom is 0.165 e. The van der Waals surface area contributed by atoms with E-state index in [4.69, 9.17) is 9.47 Å². The maximum atomic E-state index is 6.92. The standard InChI is InChI=1S/C27H40N2O2/c1-4-14-28-15-7-6-8-19-9-11-21-22-18-20-10-12-23(30-3)25-24(20)27(21,26(19)31-25)13-17-29(22)16-5-2/h5,10,12,19,21-22,26,28H,2,4,6-9,11,13-18H2,1,3H3/t19?,21?,22?,26?,27-/m1/s1. The maximum absolute atomic E-state index is 6.92. The number of unbranched alkanes of at least 4 members (excludes halogenated alkanes) is 1. The van der Waals surface area contributed by atoms with E-state index in [-0.39, 0.29) is 5.41 Å². The SMILES string of the molecule is C=CCN1CC[C@@]23c4c5ccc(OC)c4OC2C(CCCCNCCC)CCC3C1C5. The normalized spacial score (nSPS) is 33.0. The van der Waals surface area contributed by atoms with Crippen LogP contribution in [0.5, 0.6) is 11.5 Å². The molecule has 1 spiro atoms. The van der Waals surface area contributed by atoms with Crippen molar-refractivity contribution in [3.63, 3.8) is 0 Å². The molecule has 2 bridgehead atoms. The van der Waals surface area contributed by atoms with Crippen molar-refractivity contribution in [2.45, 2.75) is 75.9 Å². The van der Waals surface area contributed by atoms with E-state index in [9.17, 15) is 0 Å². The number of hydrogen-bond acceptors (Lipinski definition) is 4. The zero-order chi connectivity index (χ0) is 21.4. The minimum Gasteiger partial charge on any atom is -0.493 e. The molecule has 0 aromatic heterocycles. The molecular weight excluding hydrogens is 384 g/mol. The van der Waals surface area contributed by atoms with E-state index in [1.807, 2.05) is 0 Å². The summed E-state index contributed by atoms with van der Waals surface area (Å²) < 4.78 is 12.7. The number of piperidine rings is 1. The Kier molecular flexibility index (Phi) is 6.04. The van der Waals surface area contributed by atoms with Crippen LogP contribution in [0.15, 0.2) is 24.8 Å². The Hall–Kier alpha value is -1.52. The topological polar surface area (TPSA) is 33.7 Å². The van der Waals surface area contributed by atoms with E-state index in [0.717, 1.165) is 44.1 Å². The second-order valence-corrected chi connectivity index (χ2v) is 10.2. The van der Waals surface area contributed by atoms with Crippen LogP contribution in [0, 0.1) is 11.8 Å². The lowest BCUT2D eigenvalue weighted by Gasteiger charge is -2.59.